The number of hydrogen-bond acceptors (Lipinski definition) is 2. The lowest BCUT2D eigenvalue weighted by Crippen LogP contribution is -2.12. The van der Waals surface area contributed by atoms with E-state index in [2.05, 4.69) is 5.10 Å². The first-order valence-electron chi connectivity index (χ1n) is 6.15. The van der Waals surface area contributed by atoms with E-state index in [0.717, 1.165) is 18.5 Å². The fourth-order valence-corrected chi connectivity index (χ4v) is 2.14. The van der Waals surface area contributed by atoms with Gasteiger partial charge in [0.1, 0.15) is 0 Å². The summed E-state index contributed by atoms with van der Waals surface area (Å²) in [4.78, 5) is 11.4. The van der Waals surface area contributed by atoms with Crippen LogP contribution in [0.1, 0.15) is 40.4 Å². The molecule has 4 heteroatoms. The largest absolute Gasteiger partial charge is 0.365 e. The molecule has 2 N–H and O–H groups in total. The molecule has 4 nitrogen and oxygen atoms in total. The summed E-state index contributed by atoms with van der Waals surface area (Å²) in [6.45, 7) is 0.674. The van der Waals surface area contributed by atoms with Gasteiger partial charge in [0.15, 0.2) is 0 Å². The molecule has 1 saturated carbocycles. The lowest BCUT2D eigenvalue weighted by atomic mass is 10.2. The van der Waals surface area contributed by atoms with Crippen molar-refractivity contribution in [2.24, 2.45) is 5.73 Å². The van der Waals surface area contributed by atoms with Crippen molar-refractivity contribution < 1.29 is 4.79 Å². The fraction of sp³-hybridized carbons (Fsp3) is 0.286. The average Bonchev–Trinajstić information content (AvgIpc) is 3.12. The Morgan fingerprint density at radius 3 is 2.67 bits per heavy atom. The number of hydrogen-bond donors (Lipinski definition) is 1. The van der Waals surface area contributed by atoms with Crippen LogP contribution in [0.3, 0.4) is 0 Å². The molecular weight excluding hydrogens is 226 g/mol. The van der Waals surface area contributed by atoms with Crippen molar-refractivity contribution in [2.75, 3.05) is 0 Å². The molecule has 3 rings (SSSR count). The molecule has 18 heavy (non-hydrogen) atoms. The predicted octanol–water partition coefficient (Wildman–Crippen LogP) is 1.91. The van der Waals surface area contributed by atoms with Gasteiger partial charge < -0.3 is 5.73 Å². The maximum absolute atomic E-state index is 11.4. The third kappa shape index (κ3) is 2.14. The molecule has 1 amide bonds. The Morgan fingerprint density at radius 1 is 1.33 bits per heavy atom. The SMILES string of the molecule is NC(=O)c1cn(Cc2ccccc2)nc1C1CC1. The summed E-state index contributed by atoms with van der Waals surface area (Å²) >= 11 is 0. The van der Waals surface area contributed by atoms with Crippen LogP contribution in [0, 0.1) is 0 Å². The molecule has 92 valence electrons. The molecule has 1 fully saturated rings. The van der Waals surface area contributed by atoms with Gasteiger partial charge in [0, 0.05) is 12.1 Å². The number of carbonyl (C=O) groups is 1. The van der Waals surface area contributed by atoms with Crippen LogP contribution in [-0.2, 0) is 6.54 Å². The second-order valence-electron chi connectivity index (χ2n) is 4.75. The van der Waals surface area contributed by atoms with Gasteiger partial charge in [-0.2, -0.15) is 5.10 Å². The van der Waals surface area contributed by atoms with Crippen molar-refractivity contribution in [1.82, 2.24) is 9.78 Å². The minimum absolute atomic E-state index is 0.379. The number of amides is 1. The van der Waals surface area contributed by atoms with Crippen LogP contribution in [0.5, 0.6) is 0 Å². The third-order valence-corrected chi connectivity index (χ3v) is 3.21. The van der Waals surface area contributed by atoms with E-state index in [1.54, 1.807) is 6.20 Å². The van der Waals surface area contributed by atoms with Crippen LogP contribution in [0.2, 0.25) is 0 Å². The average molecular weight is 241 g/mol. The number of nitrogens with two attached hydrogens (primary N) is 1. The summed E-state index contributed by atoms with van der Waals surface area (Å²) in [6, 6.07) is 10.1. The van der Waals surface area contributed by atoms with E-state index in [1.165, 1.54) is 5.56 Å². The number of primary amides is 1. The van der Waals surface area contributed by atoms with Gasteiger partial charge in [-0.15, -0.1) is 0 Å². The minimum Gasteiger partial charge on any atom is -0.365 e. The molecule has 0 radical (unpaired) electrons. The summed E-state index contributed by atoms with van der Waals surface area (Å²) in [5, 5.41) is 4.50. The molecule has 2 aromatic rings. The first-order chi connectivity index (χ1) is 8.74. The topological polar surface area (TPSA) is 60.9 Å². The molecule has 0 aliphatic heterocycles. The minimum atomic E-state index is -0.379. The Labute approximate surface area is 105 Å². The summed E-state index contributed by atoms with van der Waals surface area (Å²) < 4.78 is 1.81. The fourth-order valence-electron chi connectivity index (χ4n) is 2.14. The lowest BCUT2D eigenvalue weighted by Gasteiger charge is -2.00. The van der Waals surface area contributed by atoms with Gasteiger partial charge in [-0.25, -0.2) is 0 Å². The molecule has 0 spiro atoms. The van der Waals surface area contributed by atoms with Crippen LogP contribution in [0.15, 0.2) is 36.5 Å². The zero-order valence-corrected chi connectivity index (χ0v) is 10.0. The lowest BCUT2D eigenvalue weighted by molar-refractivity contribution is 0.0999. The monoisotopic (exact) mass is 241 g/mol. The van der Waals surface area contributed by atoms with E-state index in [1.807, 2.05) is 35.0 Å². The highest BCUT2D eigenvalue weighted by molar-refractivity contribution is 5.94. The molecule has 0 saturated heterocycles. The van der Waals surface area contributed by atoms with E-state index in [0.29, 0.717) is 18.0 Å². The summed E-state index contributed by atoms with van der Waals surface area (Å²) in [7, 11) is 0. The van der Waals surface area contributed by atoms with Crippen LogP contribution < -0.4 is 5.73 Å². The van der Waals surface area contributed by atoms with E-state index in [4.69, 9.17) is 5.73 Å². The Balaban J connectivity index is 1.89. The normalized spacial score (nSPS) is 14.7. The van der Waals surface area contributed by atoms with E-state index >= 15 is 0 Å². The Morgan fingerprint density at radius 2 is 2.06 bits per heavy atom. The molecule has 0 bridgehead atoms. The van der Waals surface area contributed by atoms with Crippen LogP contribution in [-0.4, -0.2) is 15.7 Å². The molecular formula is C14H15N3O. The predicted molar refractivity (Wildman–Crippen MR) is 68.3 cm³/mol. The third-order valence-electron chi connectivity index (χ3n) is 3.21. The highest BCUT2D eigenvalue weighted by Gasteiger charge is 2.30. The van der Waals surface area contributed by atoms with E-state index < -0.39 is 0 Å². The molecule has 0 unspecified atom stereocenters. The van der Waals surface area contributed by atoms with Crippen molar-refractivity contribution in [2.45, 2.75) is 25.3 Å². The van der Waals surface area contributed by atoms with Crippen LogP contribution >= 0.6 is 0 Å². The van der Waals surface area contributed by atoms with Crippen molar-refractivity contribution in [3.05, 3.63) is 53.3 Å². The number of nitrogens with zero attached hydrogens (tertiary/aromatic N) is 2. The van der Waals surface area contributed by atoms with Gasteiger partial charge in [-0.3, -0.25) is 9.48 Å². The van der Waals surface area contributed by atoms with Crippen LogP contribution in [0.4, 0.5) is 0 Å². The highest BCUT2D eigenvalue weighted by atomic mass is 16.1. The molecule has 0 atom stereocenters. The first kappa shape index (κ1) is 11.0. The Bertz CT molecular complexity index is 570. The van der Waals surface area contributed by atoms with Gasteiger partial charge in [0.25, 0.3) is 5.91 Å². The number of carbonyl (C=O) groups excluding carboxylic acids is 1. The van der Waals surface area contributed by atoms with E-state index in [9.17, 15) is 4.79 Å². The zero-order chi connectivity index (χ0) is 12.5. The zero-order valence-electron chi connectivity index (χ0n) is 10.0. The van der Waals surface area contributed by atoms with E-state index in [-0.39, 0.29) is 5.91 Å². The Kier molecular flexibility index (Phi) is 2.63. The van der Waals surface area contributed by atoms with Crippen molar-refractivity contribution >= 4 is 5.91 Å². The van der Waals surface area contributed by atoms with Gasteiger partial charge in [-0.1, -0.05) is 30.3 Å². The van der Waals surface area contributed by atoms with Crippen molar-refractivity contribution in [1.29, 1.82) is 0 Å². The van der Waals surface area contributed by atoms with Gasteiger partial charge in [0.05, 0.1) is 17.8 Å². The first-order valence-corrected chi connectivity index (χ1v) is 6.15. The van der Waals surface area contributed by atoms with Gasteiger partial charge in [0.2, 0.25) is 0 Å². The maximum atomic E-state index is 11.4. The quantitative estimate of drug-likeness (QED) is 0.888. The molecule has 1 heterocycles. The molecule has 1 aliphatic carbocycles. The number of aromatic nitrogens is 2. The Hall–Kier alpha value is -2.10. The molecule has 1 aliphatic rings. The summed E-state index contributed by atoms with van der Waals surface area (Å²) in [5.74, 6) is 0.0562. The number of benzene rings is 1. The van der Waals surface area contributed by atoms with Crippen molar-refractivity contribution in [3.63, 3.8) is 0 Å². The highest BCUT2D eigenvalue weighted by Crippen LogP contribution is 2.40. The summed E-state index contributed by atoms with van der Waals surface area (Å²) in [5.41, 5.74) is 8.01. The smallest absolute Gasteiger partial charge is 0.252 e. The standard InChI is InChI=1S/C14H15N3O/c15-14(18)12-9-17(16-13(12)11-6-7-11)8-10-4-2-1-3-5-10/h1-5,9,11H,6-8H2,(H2,15,18). The van der Waals surface area contributed by atoms with Gasteiger partial charge >= 0.3 is 0 Å². The van der Waals surface area contributed by atoms with Crippen molar-refractivity contribution in [3.8, 4) is 0 Å². The molecule has 1 aromatic carbocycles. The number of rotatable bonds is 4. The second kappa shape index (κ2) is 4.29. The van der Waals surface area contributed by atoms with Crippen LogP contribution in [0.25, 0.3) is 0 Å². The van der Waals surface area contributed by atoms with Gasteiger partial charge in [-0.05, 0) is 18.4 Å². The molecule has 1 aromatic heterocycles. The summed E-state index contributed by atoms with van der Waals surface area (Å²) in [6.07, 6.45) is 3.99. The maximum Gasteiger partial charge on any atom is 0.252 e. The second-order valence-corrected chi connectivity index (χ2v) is 4.75.